The molecule has 0 aliphatic heterocycles. The number of nitrogens with zero attached hydrogens (tertiary/aromatic N) is 1. The van der Waals surface area contributed by atoms with Crippen molar-refractivity contribution in [2.45, 2.75) is 45.6 Å². The molecule has 0 unspecified atom stereocenters. The highest BCUT2D eigenvalue weighted by Gasteiger charge is 2.20. The van der Waals surface area contributed by atoms with Gasteiger partial charge in [0.05, 0.1) is 6.10 Å². The fraction of sp³-hybridized carbons (Fsp3) is 0.600. The molecule has 1 aromatic heterocycles. The van der Waals surface area contributed by atoms with Crippen LogP contribution < -0.4 is 5.32 Å². The number of carbonyl (C=O) groups is 1. The fourth-order valence-electron chi connectivity index (χ4n) is 2.51. The summed E-state index contributed by atoms with van der Waals surface area (Å²) in [6.07, 6.45) is 6.52. The lowest BCUT2D eigenvalue weighted by atomic mass is 9.89. The van der Waals surface area contributed by atoms with Gasteiger partial charge in [-0.05, 0) is 37.3 Å². The largest absolute Gasteiger partial charge is 0.368 e. The third-order valence-electron chi connectivity index (χ3n) is 3.61. The first-order valence-electron chi connectivity index (χ1n) is 6.98. The van der Waals surface area contributed by atoms with Gasteiger partial charge in [-0.25, -0.2) is 4.98 Å². The molecule has 1 amide bonds. The van der Waals surface area contributed by atoms with E-state index in [9.17, 15) is 4.79 Å². The van der Waals surface area contributed by atoms with Gasteiger partial charge in [-0.15, -0.1) is 0 Å². The first-order valence-corrected chi connectivity index (χ1v) is 6.98. The number of anilines is 1. The summed E-state index contributed by atoms with van der Waals surface area (Å²) in [5.41, 5.74) is 0.960. The standard InChI is InChI=1S/C15H22N2O2/c1-11-5-3-7-13(9-11)19-10-14(18)17-15-12(2)6-4-8-16-15/h4,6,8,11,13H,3,5,7,9-10H2,1-2H3,(H,16,17,18)/t11-,13-/m1/s1. The number of aromatic nitrogens is 1. The lowest BCUT2D eigenvalue weighted by Gasteiger charge is -2.26. The molecule has 1 aliphatic rings. The predicted molar refractivity (Wildman–Crippen MR) is 75.0 cm³/mol. The third-order valence-corrected chi connectivity index (χ3v) is 3.61. The lowest BCUT2D eigenvalue weighted by molar-refractivity contribution is -0.123. The Labute approximate surface area is 114 Å². The maximum atomic E-state index is 11.8. The van der Waals surface area contributed by atoms with Crippen LogP contribution in [-0.2, 0) is 9.53 Å². The number of carbonyl (C=O) groups excluding carboxylic acids is 1. The van der Waals surface area contributed by atoms with Gasteiger partial charge in [0, 0.05) is 6.20 Å². The van der Waals surface area contributed by atoms with Crippen LogP contribution in [0.2, 0.25) is 0 Å². The molecule has 1 aliphatic carbocycles. The van der Waals surface area contributed by atoms with Crippen molar-refractivity contribution in [3.63, 3.8) is 0 Å². The molecule has 2 rings (SSSR count). The summed E-state index contributed by atoms with van der Waals surface area (Å²) in [5.74, 6) is 1.20. The van der Waals surface area contributed by atoms with E-state index in [1.807, 2.05) is 19.1 Å². The van der Waals surface area contributed by atoms with Crippen LogP contribution in [0.4, 0.5) is 5.82 Å². The van der Waals surface area contributed by atoms with Crippen molar-refractivity contribution in [1.82, 2.24) is 4.98 Å². The van der Waals surface area contributed by atoms with E-state index in [2.05, 4.69) is 17.2 Å². The normalized spacial score (nSPS) is 23.1. The molecule has 4 heteroatoms. The van der Waals surface area contributed by atoms with Gasteiger partial charge >= 0.3 is 0 Å². The number of hydrogen-bond donors (Lipinski definition) is 1. The molecule has 1 saturated carbocycles. The molecule has 104 valence electrons. The van der Waals surface area contributed by atoms with Gasteiger partial charge in [-0.2, -0.15) is 0 Å². The van der Waals surface area contributed by atoms with Crippen LogP contribution in [0, 0.1) is 12.8 Å². The molecular weight excluding hydrogens is 240 g/mol. The number of nitrogens with one attached hydrogen (secondary N) is 1. The van der Waals surface area contributed by atoms with E-state index < -0.39 is 0 Å². The number of ether oxygens (including phenoxy) is 1. The number of hydrogen-bond acceptors (Lipinski definition) is 3. The zero-order valence-electron chi connectivity index (χ0n) is 11.7. The van der Waals surface area contributed by atoms with E-state index >= 15 is 0 Å². The summed E-state index contributed by atoms with van der Waals surface area (Å²) in [7, 11) is 0. The van der Waals surface area contributed by atoms with Crippen LogP contribution >= 0.6 is 0 Å². The second-order valence-electron chi connectivity index (χ2n) is 5.42. The quantitative estimate of drug-likeness (QED) is 0.907. The summed E-state index contributed by atoms with van der Waals surface area (Å²) in [4.78, 5) is 16.0. The molecule has 1 fully saturated rings. The van der Waals surface area contributed by atoms with Crippen molar-refractivity contribution in [3.05, 3.63) is 23.9 Å². The maximum Gasteiger partial charge on any atom is 0.251 e. The molecule has 4 nitrogen and oxygen atoms in total. The number of amides is 1. The molecule has 1 aromatic rings. The Morgan fingerprint density at radius 2 is 2.37 bits per heavy atom. The van der Waals surface area contributed by atoms with E-state index in [4.69, 9.17) is 4.74 Å². The van der Waals surface area contributed by atoms with Gasteiger partial charge < -0.3 is 10.1 Å². The molecule has 0 bridgehead atoms. The number of aryl methyl sites for hydroxylation is 1. The van der Waals surface area contributed by atoms with Crippen molar-refractivity contribution < 1.29 is 9.53 Å². The van der Waals surface area contributed by atoms with Crippen molar-refractivity contribution in [2.75, 3.05) is 11.9 Å². The highest BCUT2D eigenvalue weighted by atomic mass is 16.5. The second-order valence-corrected chi connectivity index (χ2v) is 5.42. The van der Waals surface area contributed by atoms with E-state index in [0.29, 0.717) is 11.7 Å². The molecule has 0 aromatic carbocycles. The minimum Gasteiger partial charge on any atom is -0.368 e. The zero-order chi connectivity index (χ0) is 13.7. The smallest absolute Gasteiger partial charge is 0.251 e. The van der Waals surface area contributed by atoms with Gasteiger partial charge in [0.25, 0.3) is 5.91 Å². The average Bonchev–Trinajstić information content (AvgIpc) is 2.39. The van der Waals surface area contributed by atoms with Gasteiger partial charge in [0.2, 0.25) is 0 Å². The van der Waals surface area contributed by atoms with Crippen LogP contribution in [-0.4, -0.2) is 23.6 Å². The van der Waals surface area contributed by atoms with Crippen molar-refractivity contribution in [2.24, 2.45) is 5.92 Å². The summed E-state index contributed by atoms with van der Waals surface area (Å²) in [6, 6.07) is 3.77. The van der Waals surface area contributed by atoms with Gasteiger partial charge in [-0.3, -0.25) is 4.79 Å². The first-order chi connectivity index (χ1) is 9.15. The fourth-order valence-corrected chi connectivity index (χ4v) is 2.51. The van der Waals surface area contributed by atoms with Crippen LogP contribution in [0.25, 0.3) is 0 Å². The first kappa shape index (κ1) is 14.0. The SMILES string of the molecule is Cc1cccnc1NC(=O)CO[C@@H]1CCC[C@@H](C)C1. The molecular formula is C15H22N2O2. The highest BCUT2D eigenvalue weighted by molar-refractivity contribution is 5.91. The summed E-state index contributed by atoms with van der Waals surface area (Å²) in [5, 5.41) is 2.79. The summed E-state index contributed by atoms with van der Waals surface area (Å²) < 4.78 is 5.69. The molecule has 0 saturated heterocycles. The third kappa shape index (κ3) is 4.31. The predicted octanol–water partition coefficient (Wildman–Crippen LogP) is 2.92. The Morgan fingerprint density at radius 1 is 1.53 bits per heavy atom. The second kappa shape index (κ2) is 6.66. The molecule has 1 heterocycles. The van der Waals surface area contributed by atoms with Crippen LogP contribution in [0.5, 0.6) is 0 Å². The van der Waals surface area contributed by atoms with E-state index in [0.717, 1.165) is 18.4 Å². The van der Waals surface area contributed by atoms with Crippen LogP contribution in [0.15, 0.2) is 18.3 Å². The molecule has 1 N–H and O–H groups in total. The minimum absolute atomic E-state index is 0.118. The minimum atomic E-state index is -0.125. The van der Waals surface area contributed by atoms with Gasteiger partial charge in [-0.1, -0.05) is 25.8 Å². The monoisotopic (exact) mass is 262 g/mol. The summed E-state index contributed by atoms with van der Waals surface area (Å²) >= 11 is 0. The van der Waals surface area contributed by atoms with Crippen molar-refractivity contribution in [3.8, 4) is 0 Å². The van der Waals surface area contributed by atoms with Crippen LogP contribution in [0.1, 0.15) is 38.2 Å². The Hall–Kier alpha value is -1.42. The van der Waals surface area contributed by atoms with E-state index in [1.165, 1.54) is 12.8 Å². The molecule has 0 spiro atoms. The van der Waals surface area contributed by atoms with Crippen LogP contribution in [0.3, 0.4) is 0 Å². The molecule has 2 atom stereocenters. The Bertz CT molecular complexity index is 434. The Balaban J connectivity index is 1.77. The zero-order valence-corrected chi connectivity index (χ0v) is 11.7. The average molecular weight is 262 g/mol. The van der Waals surface area contributed by atoms with Crippen molar-refractivity contribution in [1.29, 1.82) is 0 Å². The highest BCUT2D eigenvalue weighted by Crippen LogP contribution is 2.25. The topological polar surface area (TPSA) is 51.2 Å². The maximum absolute atomic E-state index is 11.8. The van der Waals surface area contributed by atoms with Gasteiger partial charge in [0.15, 0.2) is 0 Å². The number of rotatable bonds is 4. The number of pyridine rings is 1. The van der Waals surface area contributed by atoms with Crippen molar-refractivity contribution >= 4 is 11.7 Å². The van der Waals surface area contributed by atoms with E-state index in [1.54, 1.807) is 6.20 Å². The molecule has 0 radical (unpaired) electrons. The van der Waals surface area contributed by atoms with Gasteiger partial charge in [0.1, 0.15) is 12.4 Å². The molecule has 19 heavy (non-hydrogen) atoms. The summed E-state index contributed by atoms with van der Waals surface area (Å²) in [6.45, 7) is 4.28. The van der Waals surface area contributed by atoms with E-state index in [-0.39, 0.29) is 18.6 Å². The Morgan fingerprint density at radius 3 is 3.11 bits per heavy atom. The lowest BCUT2D eigenvalue weighted by Crippen LogP contribution is -2.27. The Kier molecular flexibility index (Phi) is 4.91.